The van der Waals surface area contributed by atoms with E-state index in [9.17, 15) is 9.59 Å². The Hall–Kier alpha value is -3.39. The number of para-hydroxylation sites is 1. The Morgan fingerprint density at radius 1 is 1.09 bits per heavy atom. The molecule has 0 N–H and O–H groups in total. The third kappa shape index (κ3) is 4.38. The van der Waals surface area contributed by atoms with Crippen LogP contribution in [0, 0.1) is 16.2 Å². The third-order valence-electron chi connectivity index (χ3n) is 11.7. The van der Waals surface area contributed by atoms with E-state index >= 15 is 0 Å². The molecule has 1 fully saturated rings. The van der Waals surface area contributed by atoms with Crippen LogP contribution in [0.4, 0.5) is 11.4 Å². The van der Waals surface area contributed by atoms with E-state index in [4.69, 9.17) is 19.2 Å². The van der Waals surface area contributed by atoms with Gasteiger partial charge in [0.1, 0.15) is 17.2 Å². The van der Waals surface area contributed by atoms with Crippen LogP contribution in [0.1, 0.15) is 79.7 Å². The number of nitrogens with zero attached hydrogens (tertiary/aromatic N) is 2. The normalized spacial score (nSPS) is 24.6. The van der Waals surface area contributed by atoms with Crippen molar-refractivity contribution >= 4 is 56.2 Å². The van der Waals surface area contributed by atoms with Gasteiger partial charge in [0, 0.05) is 22.9 Å². The minimum atomic E-state index is -1.02. The van der Waals surface area contributed by atoms with Crippen molar-refractivity contribution in [3.05, 3.63) is 60.2 Å². The smallest absolute Gasteiger partial charge is 0.317 e. The zero-order valence-electron chi connectivity index (χ0n) is 28.2. The maximum absolute atomic E-state index is 14.0. The topological polar surface area (TPSA) is 77.4 Å². The number of fused-ring (bicyclic) bond motifs is 4. The van der Waals surface area contributed by atoms with Crippen LogP contribution in [-0.4, -0.2) is 42.4 Å². The van der Waals surface area contributed by atoms with Gasteiger partial charge < -0.3 is 19.1 Å². The molecule has 0 saturated heterocycles. The third-order valence-corrected chi connectivity index (χ3v) is 13.0. The minimum Gasteiger partial charge on any atom is -0.465 e. The number of ether oxygens (including phenoxy) is 3. The first-order valence-electron chi connectivity index (χ1n) is 16.3. The maximum Gasteiger partial charge on any atom is 0.317 e. The van der Waals surface area contributed by atoms with E-state index in [-0.39, 0.29) is 16.2 Å². The van der Waals surface area contributed by atoms with Crippen molar-refractivity contribution in [2.24, 2.45) is 21.2 Å². The molecular formula is C38H45BrN2O5. The van der Waals surface area contributed by atoms with Gasteiger partial charge in [0.15, 0.2) is 0 Å². The molecule has 6 rings (SSSR count). The summed E-state index contributed by atoms with van der Waals surface area (Å²) in [6, 6.07) is 17.9. The molecule has 3 atom stereocenters. The van der Waals surface area contributed by atoms with Crippen molar-refractivity contribution in [1.82, 2.24) is 0 Å². The number of halogens is 1. The fourth-order valence-corrected chi connectivity index (χ4v) is 8.85. The largest absolute Gasteiger partial charge is 0.465 e. The summed E-state index contributed by atoms with van der Waals surface area (Å²) in [5.41, 5.74) is -0.759. The second kappa shape index (κ2) is 11.1. The number of hydrogen-bond acceptors (Lipinski definition) is 7. The Morgan fingerprint density at radius 3 is 2.46 bits per heavy atom. The molecule has 46 heavy (non-hydrogen) atoms. The molecule has 3 aromatic rings. The molecular weight excluding hydrogens is 644 g/mol. The Bertz CT molecular complexity index is 1750. The second-order valence-electron chi connectivity index (χ2n) is 14.7. The number of carbonyl (C=O) groups is 2. The summed E-state index contributed by atoms with van der Waals surface area (Å²) in [7, 11) is 2.04. The van der Waals surface area contributed by atoms with Crippen LogP contribution >= 0.6 is 15.9 Å². The highest BCUT2D eigenvalue weighted by Crippen LogP contribution is 2.64. The summed E-state index contributed by atoms with van der Waals surface area (Å²) >= 11 is 3.76. The lowest BCUT2D eigenvalue weighted by molar-refractivity contribution is -0.188. The van der Waals surface area contributed by atoms with Crippen molar-refractivity contribution in [1.29, 1.82) is 0 Å². The van der Waals surface area contributed by atoms with Crippen molar-refractivity contribution in [2.45, 2.75) is 90.1 Å². The average molecular weight is 690 g/mol. The number of esters is 2. The standard InChI is InChI=1S/C38H45BrN2O5/c1-9-10-21-44-33(43)37(20-19-30(37)39)36(6,7)35(4,5)32(42)45-25-17-15-24-16-18-29-31(26(24)22-25)40-23-38(46-29)34(2,3)27-13-11-12-14-28(27)41(38)8/h11-18,22-23,30H,9-10,19-21H2,1-8H3. The van der Waals surface area contributed by atoms with Gasteiger partial charge in [-0.25, -0.2) is 0 Å². The van der Waals surface area contributed by atoms with Crippen molar-refractivity contribution in [2.75, 3.05) is 18.6 Å². The van der Waals surface area contributed by atoms with Gasteiger partial charge >= 0.3 is 11.9 Å². The van der Waals surface area contributed by atoms with Gasteiger partial charge in [0.05, 0.1) is 29.1 Å². The number of likely N-dealkylation sites (N-methyl/N-ethyl adjacent to an activating group) is 1. The van der Waals surface area contributed by atoms with Crippen LogP contribution in [0.3, 0.4) is 0 Å². The van der Waals surface area contributed by atoms with Gasteiger partial charge in [-0.15, -0.1) is 0 Å². The summed E-state index contributed by atoms with van der Waals surface area (Å²) in [5.74, 6) is 0.441. The molecule has 0 amide bonds. The van der Waals surface area contributed by atoms with Gasteiger partial charge in [-0.3, -0.25) is 14.6 Å². The second-order valence-corrected chi connectivity index (χ2v) is 15.8. The Balaban J connectivity index is 1.29. The Morgan fingerprint density at radius 2 is 1.80 bits per heavy atom. The first kappa shape index (κ1) is 32.5. The molecule has 3 aromatic carbocycles. The maximum atomic E-state index is 14.0. The van der Waals surface area contributed by atoms with E-state index in [1.54, 1.807) is 6.07 Å². The number of anilines is 1. The molecule has 0 bridgehead atoms. The van der Waals surface area contributed by atoms with Crippen molar-refractivity contribution < 1.29 is 23.8 Å². The monoisotopic (exact) mass is 688 g/mol. The summed E-state index contributed by atoms with van der Waals surface area (Å²) in [4.78, 5) is 34.7. The number of hydrogen-bond donors (Lipinski definition) is 0. The molecule has 244 valence electrons. The van der Waals surface area contributed by atoms with Crippen LogP contribution < -0.4 is 14.4 Å². The lowest BCUT2D eigenvalue weighted by Crippen LogP contribution is -2.64. The number of unbranched alkanes of at least 4 members (excludes halogenated alkanes) is 1. The SMILES string of the molecule is CCCCOC(=O)C1(C(C)(C)C(C)(C)C(=O)Oc2ccc3ccc4c(c3c2)N=CC2(O4)N(C)c3ccccc3C2(C)C)CCC1Br. The highest BCUT2D eigenvalue weighted by Gasteiger charge is 2.68. The zero-order chi connectivity index (χ0) is 33.3. The molecule has 8 heteroatoms. The van der Waals surface area contributed by atoms with E-state index in [1.165, 1.54) is 5.56 Å². The fourth-order valence-electron chi connectivity index (χ4n) is 7.63. The van der Waals surface area contributed by atoms with Crippen LogP contribution in [0.15, 0.2) is 59.6 Å². The lowest BCUT2D eigenvalue weighted by atomic mass is 9.46. The molecule has 1 saturated carbocycles. The van der Waals surface area contributed by atoms with E-state index < -0.39 is 27.9 Å². The summed E-state index contributed by atoms with van der Waals surface area (Å²) in [5, 5.41) is 1.79. The molecule has 7 nitrogen and oxygen atoms in total. The quantitative estimate of drug-likeness (QED) is 0.102. The summed E-state index contributed by atoms with van der Waals surface area (Å²) in [6.07, 6.45) is 5.15. The number of aliphatic imine (C=N–C) groups is 1. The van der Waals surface area contributed by atoms with Crippen LogP contribution in [0.2, 0.25) is 0 Å². The Labute approximate surface area is 280 Å². The van der Waals surface area contributed by atoms with E-state index in [0.717, 1.165) is 35.7 Å². The lowest BCUT2D eigenvalue weighted by Gasteiger charge is -2.58. The average Bonchev–Trinajstić information content (AvgIpc) is 3.18. The van der Waals surface area contributed by atoms with Gasteiger partial charge in [-0.05, 0) is 87.6 Å². The predicted molar refractivity (Wildman–Crippen MR) is 187 cm³/mol. The summed E-state index contributed by atoms with van der Waals surface area (Å²) < 4.78 is 18.7. The van der Waals surface area contributed by atoms with Gasteiger partial charge in [0.25, 0.3) is 0 Å². The molecule has 0 radical (unpaired) electrons. The molecule has 3 unspecified atom stereocenters. The first-order chi connectivity index (χ1) is 21.7. The van der Waals surface area contributed by atoms with Crippen LogP contribution in [-0.2, 0) is 19.7 Å². The van der Waals surface area contributed by atoms with E-state index in [2.05, 4.69) is 59.8 Å². The Kier molecular flexibility index (Phi) is 7.86. The number of carbonyl (C=O) groups excluding carboxylic acids is 2. The molecule has 2 aliphatic heterocycles. The van der Waals surface area contributed by atoms with E-state index in [1.807, 2.05) is 71.3 Å². The fraction of sp³-hybridized carbons (Fsp3) is 0.500. The number of benzene rings is 3. The van der Waals surface area contributed by atoms with Crippen molar-refractivity contribution in [3.63, 3.8) is 0 Å². The van der Waals surface area contributed by atoms with Gasteiger partial charge in [0.2, 0.25) is 5.72 Å². The molecule has 2 heterocycles. The van der Waals surface area contributed by atoms with Gasteiger partial charge in [-0.1, -0.05) is 73.5 Å². The van der Waals surface area contributed by atoms with Crippen molar-refractivity contribution in [3.8, 4) is 11.5 Å². The number of alkyl halides is 1. The molecule has 0 aromatic heterocycles. The molecule has 1 spiro atoms. The first-order valence-corrected chi connectivity index (χ1v) is 17.2. The van der Waals surface area contributed by atoms with E-state index in [0.29, 0.717) is 30.2 Å². The minimum absolute atomic E-state index is 0.0822. The summed E-state index contributed by atoms with van der Waals surface area (Å²) in [6.45, 7) is 14.5. The molecule has 3 aliphatic rings. The zero-order valence-corrected chi connectivity index (χ0v) is 29.8. The number of rotatable bonds is 8. The van der Waals surface area contributed by atoms with Crippen LogP contribution in [0.25, 0.3) is 10.8 Å². The highest BCUT2D eigenvalue weighted by molar-refractivity contribution is 9.09. The predicted octanol–water partition coefficient (Wildman–Crippen LogP) is 8.90. The highest BCUT2D eigenvalue weighted by atomic mass is 79.9. The van der Waals surface area contributed by atoms with Crippen LogP contribution in [0.5, 0.6) is 11.5 Å². The molecule has 1 aliphatic carbocycles. The van der Waals surface area contributed by atoms with Gasteiger partial charge in [-0.2, -0.15) is 0 Å².